The van der Waals surface area contributed by atoms with E-state index in [1.54, 1.807) is 42.5 Å². The third-order valence-electron chi connectivity index (χ3n) is 2.89. The smallest absolute Gasteiger partial charge is 0.305 e. The van der Waals surface area contributed by atoms with Crippen LogP contribution in [0.2, 0.25) is 0 Å². The highest BCUT2D eigenvalue weighted by Gasteiger charge is 2.12. The molecule has 0 bridgehead atoms. The van der Waals surface area contributed by atoms with Gasteiger partial charge >= 0.3 is 4.87 Å². The fraction of sp³-hybridized carbons (Fsp3) is 0.0714. The van der Waals surface area contributed by atoms with E-state index < -0.39 is 10.0 Å². The van der Waals surface area contributed by atoms with Gasteiger partial charge in [-0.2, -0.15) is 0 Å². The van der Waals surface area contributed by atoms with Crippen LogP contribution < -0.4 is 9.60 Å². The second kappa shape index (κ2) is 5.34. The molecular weight excluding hydrogens is 308 g/mol. The molecule has 0 saturated carbocycles. The van der Waals surface area contributed by atoms with Crippen LogP contribution in [0.25, 0.3) is 10.2 Å². The fourth-order valence-electron chi connectivity index (χ4n) is 2.02. The van der Waals surface area contributed by atoms with Gasteiger partial charge in [0.2, 0.25) is 10.0 Å². The lowest BCUT2D eigenvalue weighted by Gasteiger charge is -2.08. The van der Waals surface area contributed by atoms with Crippen molar-refractivity contribution in [3.05, 3.63) is 63.8 Å². The number of nitrogens with one attached hydrogen (secondary N) is 2. The second-order valence-electron chi connectivity index (χ2n) is 4.57. The molecule has 0 amide bonds. The number of fused-ring (bicyclic) bond motifs is 1. The molecule has 0 unspecified atom stereocenters. The van der Waals surface area contributed by atoms with Crippen LogP contribution >= 0.6 is 11.3 Å². The van der Waals surface area contributed by atoms with Crippen LogP contribution in [0, 0.1) is 0 Å². The Morgan fingerprint density at radius 2 is 1.86 bits per heavy atom. The number of benzene rings is 2. The van der Waals surface area contributed by atoms with Crippen LogP contribution in [-0.2, 0) is 15.8 Å². The monoisotopic (exact) mass is 320 g/mol. The van der Waals surface area contributed by atoms with Crippen molar-refractivity contribution < 1.29 is 8.42 Å². The summed E-state index contributed by atoms with van der Waals surface area (Å²) in [6, 6.07) is 13.9. The predicted molar refractivity (Wildman–Crippen MR) is 85.1 cm³/mol. The van der Waals surface area contributed by atoms with Gasteiger partial charge < -0.3 is 4.98 Å². The highest BCUT2D eigenvalue weighted by molar-refractivity contribution is 7.91. The molecular formula is C14H12N2O3S2. The van der Waals surface area contributed by atoms with Crippen molar-refractivity contribution in [1.29, 1.82) is 0 Å². The molecule has 2 aromatic carbocycles. The molecule has 0 aliphatic carbocycles. The zero-order chi connectivity index (χ0) is 14.9. The fourth-order valence-corrected chi connectivity index (χ4v) is 3.98. The minimum absolute atomic E-state index is 0.0880. The average molecular weight is 320 g/mol. The van der Waals surface area contributed by atoms with Crippen LogP contribution in [-0.4, -0.2) is 13.4 Å². The number of aromatic amines is 1. The van der Waals surface area contributed by atoms with E-state index in [9.17, 15) is 13.2 Å². The van der Waals surface area contributed by atoms with Gasteiger partial charge in [-0.15, -0.1) is 0 Å². The Morgan fingerprint density at radius 1 is 1.10 bits per heavy atom. The van der Waals surface area contributed by atoms with Crippen LogP contribution in [0.3, 0.4) is 0 Å². The van der Waals surface area contributed by atoms with Crippen LogP contribution in [0.5, 0.6) is 0 Å². The Labute approximate surface area is 125 Å². The van der Waals surface area contributed by atoms with Crippen molar-refractivity contribution in [2.45, 2.75) is 5.75 Å². The summed E-state index contributed by atoms with van der Waals surface area (Å²) in [5.41, 5.74) is 1.88. The minimum atomic E-state index is -3.48. The molecule has 0 saturated heterocycles. The maximum Gasteiger partial charge on any atom is 0.305 e. The summed E-state index contributed by atoms with van der Waals surface area (Å²) in [6.45, 7) is 0. The van der Waals surface area contributed by atoms with Crippen molar-refractivity contribution in [2.24, 2.45) is 0 Å². The molecule has 0 aliphatic heterocycles. The van der Waals surface area contributed by atoms with E-state index in [0.717, 1.165) is 21.6 Å². The summed E-state index contributed by atoms with van der Waals surface area (Å²) >= 11 is 1.05. The van der Waals surface area contributed by atoms with E-state index in [1.165, 1.54) is 0 Å². The van der Waals surface area contributed by atoms with Crippen LogP contribution in [0.15, 0.2) is 53.3 Å². The van der Waals surface area contributed by atoms with E-state index >= 15 is 0 Å². The van der Waals surface area contributed by atoms with Crippen molar-refractivity contribution in [3.63, 3.8) is 0 Å². The van der Waals surface area contributed by atoms with Gasteiger partial charge in [-0.1, -0.05) is 41.7 Å². The molecule has 0 fully saturated rings. The highest BCUT2D eigenvalue weighted by Crippen LogP contribution is 2.21. The van der Waals surface area contributed by atoms with Gasteiger partial charge in [0.15, 0.2) is 0 Å². The molecule has 0 aliphatic rings. The molecule has 1 aromatic heterocycles. The maximum atomic E-state index is 12.1. The summed E-state index contributed by atoms with van der Waals surface area (Å²) in [5.74, 6) is -0.0880. The molecule has 3 rings (SSSR count). The molecule has 3 aromatic rings. The third-order valence-corrected chi connectivity index (χ3v) is 5.00. The Hall–Kier alpha value is -2.12. The quantitative estimate of drug-likeness (QED) is 0.775. The summed E-state index contributed by atoms with van der Waals surface area (Å²) < 4.78 is 27.5. The summed E-state index contributed by atoms with van der Waals surface area (Å²) in [4.78, 5) is 13.8. The molecule has 0 atom stereocenters. The van der Waals surface area contributed by atoms with Crippen molar-refractivity contribution in [1.82, 2.24) is 4.98 Å². The Kier molecular flexibility index (Phi) is 3.52. The predicted octanol–water partition coefficient (Wildman–Crippen LogP) is 2.53. The minimum Gasteiger partial charge on any atom is -0.312 e. The SMILES string of the molecule is O=c1[nH]c2ccc(NS(=O)(=O)Cc3ccccc3)cc2s1. The first-order valence-electron chi connectivity index (χ1n) is 6.19. The van der Waals surface area contributed by atoms with E-state index in [2.05, 4.69) is 9.71 Å². The second-order valence-corrected chi connectivity index (χ2v) is 7.31. The molecule has 0 radical (unpaired) electrons. The number of thiazole rings is 1. The van der Waals surface area contributed by atoms with E-state index in [0.29, 0.717) is 11.2 Å². The number of sulfonamides is 1. The summed E-state index contributed by atoms with van der Waals surface area (Å²) in [6.07, 6.45) is 0. The maximum absolute atomic E-state index is 12.1. The number of aromatic nitrogens is 1. The van der Waals surface area contributed by atoms with Gasteiger partial charge in [0.25, 0.3) is 0 Å². The first-order valence-corrected chi connectivity index (χ1v) is 8.66. The average Bonchev–Trinajstić information content (AvgIpc) is 2.78. The van der Waals surface area contributed by atoms with Gasteiger partial charge in [-0.25, -0.2) is 8.42 Å². The first-order chi connectivity index (χ1) is 10.0. The van der Waals surface area contributed by atoms with E-state index in [1.807, 2.05) is 6.07 Å². The molecule has 5 nitrogen and oxygen atoms in total. The molecule has 2 N–H and O–H groups in total. The number of H-pyrrole nitrogens is 1. The van der Waals surface area contributed by atoms with Crippen molar-refractivity contribution in [2.75, 3.05) is 4.72 Å². The van der Waals surface area contributed by atoms with Gasteiger partial charge in [-0.3, -0.25) is 9.52 Å². The standard InChI is InChI=1S/C14H12N2O3S2/c17-14-15-12-7-6-11(8-13(12)20-14)16-21(18,19)9-10-4-2-1-3-5-10/h1-8,16H,9H2,(H,15,17). The topological polar surface area (TPSA) is 79.0 Å². The molecule has 1 heterocycles. The normalized spacial score (nSPS) is 11.6. The number of hydrogen-bond acceptors (Lipinski definition) is 4. The summed E-state index contributed by atoms with van der Waals surface area (Å²) in [7, 11) is -3.48. The van der Waals surface area contributed by atoms with Gasteiger partial charge in [0, 0.05) is 0 Å². The van der Waals surface area contributed by atoms with Crippen LogP contribution in [0.4, 0.5) is 5.69 Å². The molecule has 21 heavy (non-hydrogen) atoms. The van der Waals surface area contributed by atoms with Crippen LogP contribution in [0.1, 0.15) is 5.56 Å². The third kappa shape index (κ3) is 3.32. The lowest BCUT2D eigenvalue weighted by atomic mass is 10.2. The molecule has 108 valence electrons. The van der Waals surface area contributed by atoms with Crippen molar-refractivity contribution >= 4 is 37.3 Å². The number of rotatable bonds is 4. The number of anilines is 1. The molecule has 7 heteroatoms. The summed E-state index contributed by atoms with van der Waals surface area (Å²) in [5, 5.41) is 0. The Morgan fingerprint density at radius 3 is 2.62 bits per heavy atom. The van der Waals surface area contributed by atoms with Crippen molar-refractivity contribution in [3.8, 4) is 0 Å². The van der Waals surface area contributed by atoms with E-state index in [4.69, 9.17) is 0 Å². The van der Waals surface area contributed by atoms with Gasteiger partial charge in [0.1, 0.15) is 0 Å². The van der Waals surface area contributed by atoms with Gasteiger partial charge in [0.05, 0.1) is 21.7 Å². The molecule has 0 spiro atoms. The Bertz CT molecular complexity index is 928. The lowest BCUT2D eigenvalue weighted by Crippen LogP contribution is -2.14. The largest absolute Gasteiger partial charge is 0.312 e. The highest BCUT2D eigenvalue weighted by atomic mass is 32.2. The zero-order valence-corrected chi connectivity index (χ0v) is 12.5. The lowest BCUT2D eigenvalue weighted by molar-refractivity contribution is 0.600. The van der Waals surface area contributed by atoms with Gasteiger partial charge in [-0.05, 0) is 23.8 Å². The van der Waals surface area contributed by atoms with E-state index in [-0.39, 0.29) is 10.6 Å². The number of hydrogen-bond donors (Lipinski definition) is 2. The zero-order valence-electron chi connectivity index (χ0n) is 10.9. The first kappa shape index (κ1) is 13.8. The Balaban J connectivity index is 1.84.